The molecule has 19 saturated carbocycles. The van der Waals surface area contributed by atoms with E-state index in [0.717, 1.165) is 151 Å². The Labute approximate surface area is 540 Å². The predicted octanol–water partition coefficient (Wildman–Crippen LogP) is 19.5. The first-order valence-electron chi connectivity index (χ1n) is 37.2. The number of fused-ring (bicyclic) bond motifs is 15. The first kappa shape index (κ1) is 66.6. The molecule has 0 aromatic heterocycles. The summed E-state index contributed by atoms with van der Waals surface area (Å²) < 4.78 is 36.8. The maximum Gasteiger partial charge on any atom is 0.330 e. The van der Waals surface area contributed by atoms with Crippen molar-refractivity contribution in [3.8, 4) is 0 Å². The van der Waals surface area contributed by atoms with E-state index >= 15 is 0 Å². The summed E-state index contributed by atoms with van der Waals surface area (Å²) in [4.78, 5) is 22.5. The van der Waals surface area contributed by atoms with E-state index in [1.807, 2.05) is 0 Å². The summed E-state index contributed by atoms with van der Waals surface area (Å²) in [6.45, 7) is 29.2. The first-order chi connectivity index (χ1) is 43.4. The molecule has 0 aromatic carbocycles. The van der Waals surface area contributed by atoms with Gasteiger partial charge in [-0.2, -0.15) is 0 Å². The van der Waals surface area contributed by atoms with E-state index in [1.54, 1.807) is 50.6 Å². The molecule has 0 amide bonds. The molecule has 0 radical (unpaired) electrons. The predicted molar refractivity (Wildman–Crippen MR) is 356 cm³/mol. The summed E-state index contributed by atoms with van der Waals surface area (Å²) in [5.41, 5.74) is 0.899. The van der Waals surface area contributed by atoms with Gasteiger partial charge in [-0.3, -0.25) is 4.79 Å². The summed E-state index contributed by atoms with van der Waals surface area (Å²) in [6, 6.07) is 0. The fraction of sp³-hybridized carbons (Fsp3) is 0.800. The average molecular weight is 1230 g/mol. The van der Waals surface area contributed by atoms with Crippen LogP contribution >= 0.6 is 0 Å². The fourth-order valence-corrected chi connectivity index (χ4v) is 25.1. The molecule has 89 heavy (non-hydrogen) atoms. The van der Waals surface area contributed by atoms with E-state index in [2.05, 4.69) is 46.1 Å². The molecule has 9 heteroatoms. The number of carbonyl (C=O) groups excluding carboxylic acids is 2. The Morgan fingerprint density at radius 3 is 1.26 bits per heavy atom. The van der Waals surface area contributed by atoms with Gasteiger partial charge in [-0.05, 0) is 317 Å². The van der Waals surface area contributed by atoms with Crippen molar-refractivity contribution in [1.29, 1.82) is 0 Å². The Kier molecular flexibility index (Phi) is 23.5. The monoisotopic (exact) mass is 1230 g/mol. The van der Waals surface area contributed by atoms with E-state index in [-0.39, 0.29) is 17.9 Å². The lowest BCUT2D eigenvalue weighted by Gasteiger charge is -2.56. The van der Waals surface area contributed by atoms with Crippen molar-refractivity contribution < 1.29 is 42.7 Å². The van der Waals surface area contributed by atoms with Gasteiger partial charge in [0.25, 0.3) is 0 Å². The quantitative estimate of drug-likeness (QED) is 0.0542. The second-order valence-corrected chi connectivity index (χ2v) is 33.1. The van der Waals surface area contributed by atoms with Gasteiger partial charge < -0.3 is 33.2 Å². The minimum absolute atomic E-state index is 0.0581. The Balaban J connectivity index is 0.000000108. The molecule has 0 N–H and O–H groups in total. The lowest BCUT2D eigenvalue weighted by Crippen LogP contribution is -2.48. The maximum absolute atomic E-state index is 11.3. The van der Waals surface area contributed by atoms with Crippen LogP contribution in [0.15, 0.2) is 89.7 Å². The van der Waals surface area contributed by atoms with Crippen LogP contribution in [0.2, 0.25) is 0 Å². The van der Waals surface area contributed by atoms with Crippen LogP contribution in [0.25, 0.3) is 0 Å². The Hall–Kier alpha value is -3.88. The third-order valence-corrected chi connectivity index (χ3v) is 27.5. The normalized spacial score (nSPS) is 43.3. The van der Waals surface area contributed by atoms with Crippen molar-refractivity contribution in [2.24, 2.45) is 141 Å². The molecule has 0 spiro atoms. The summed E-state index contributed by atoms with van der Waals surface area (Å²) in [5, 5.41) is 0. The molecule has 19 aliphatic rings. The number of carbonyl (C=O) groups is 2. The third kappa shape index (κ3) is 16.6. The molecule has 19 fully saturated rings. The highest BCUT2D eigenvalue weighted by atomic mass is 16.5. The first-order valence-corrected chi connectivity index (χ1v) is 37.2. The van der Waals surface area contributed by atoms with Crippen LogP contribution in [0, 0.1) is 141 Å². The van der Waals surface area contributed by atoms with Crippen molar-refractivity contribution in [3.63, 3.8) is 0 Å². The van der Waals surface area contributed by atoms with Crippen molar-refractivity contribution in [2.45, 2.75) is 224 Å². The Morgan fingerprint density at radius 1 is 0.371 bits per heavy atom. The second kappa shape index (κ2) is 31.4. The largest absolute Gasteiger partial charge is 0.502 e. The number of esters is 2. The van der Waals surface area contributed by atoms with Crippen molar-refractivity contribution in [1.82, 2.24) is 0 Å². The molecule has 18 bridgehead atoms. The van der Waals surface area contributed by atoms with Gasteiger partial charge in [-0.25, -0.2) is 4.79 Å². The standard InChI is InChI=1S/C15H22O.C14H20O2.C13H20O.C10H14O2.2C10H16O.C8H14O/c1-2-16-8-12-6-11-7-13(12)15-10-4-3-9(5-10)14(11)15;1-2-13(15)16-9-14-6-10-3-11(7-14)5-12(4-10)8-14;1-2-14-9-13-6-10-3-11(7-13)5-12(4-10)8-13;1-2-12-10(11)9-6-7-3-4-8(9)5-7;2*1-2-11-7-10-6-8-3-4-9(10)5-8;1-2-9-8-6-4-3-5-7-8/h2,9-15H,1,3-8H2;2,10-12H,1,3-9H2;2,10-12H,1,3-9H2;2,7-9H,1,3-6H2;2*2,8-10H,1,3-7H2;2,8H,1,3-7H2. The molecule has 9 nitrogen and oxygen atoms in total. The van der Waals surface area contributed by atoms with E-state index in [1.165, 1.54) is 205 Å². The third-order valence-electron chi connectivity index (χ3n) is 27.5. The SMILES string of the molecule is C=CC(=O)OCC12CC3CC(CC(C3)C1)C2.C=COC(=O)C1CC2CCC1C2.C=COC1CCCCC1.C=COCC12CC3CC(CC(C3)C1)C2.C=COCC1CC2CC1C1C3CCC(C3)C21.C=COCC1CC2CCC1C2.C=COCC1CC2CCC1C2. The summed E-state index contributed by atoms with van der Waals surface area (Å²) in [7, 11) is 0. The summed E-state index contributed by atoms with van der Waals surface area (Å²) in [5.74, 6) is 20.4. The van der Waals surface area contributed by atoms with Crippen LogP contribution in [0.5, 0.6) is 0 Å². The molecule has 19 rings (SSSR count). The zero-order chi connectivity index (χ0) is 61.9. The van der Waals surface area contributed by atoms with E-state index in [0.29, 0.717) is 29.5 Å². The van der Waals surface area contributed by atoms with Crippen molar-refractivity contribution in [2.75, 3.05) is 33.0 Å². The number of ether oxygens (including phenoxy) is 7. The lowest BCUT2D eigenvalue weighted by atomic mass is 9.50. The molecule has 496 valence electrons. The second-order valence-electron chi connectivity index (χ2n) is 33.1. The smallest absolute Gasteiger partial charge is 0.330 e. The zero-order valence-corrected chi connectivity index (χ0v) is 55.5. The number of hydrogen-bond acceptors (Lipinski definition) is 9. The van der Waals surface area contributed by atoms with Gasteiger partial charge >= 0.3 is 11.9 Å². The van der Waals surface area contributed by atoms with Gasteiger partial charge in [-0.1, -0.05) is 71.7 Å². The van der Waals surface area contributed by atoms with Crippen molar-refractivity contribution >= 4 is 11.9 Å². The van der Waals surface area contributed by atoms with E-state index < -0.39 is 0 Å². The van der Waals surface area contributed by atoms with Crippen LogP contribution in [-0.2, 0) is 42.7 Å². The average Bonchev–Trinajstić information content (AvgIpc) is 1.64. The highest BCUT2D eigenvalue weighted by molar-refractivity contribution is 5.81. The van der Waals surface area contributed by atoms with Gasteiger partial charge in [0.2, 0.25) is 0 Å². The van der Waals surface area contributed by atoms with Crippen LogP contribution < -0.4 is 0 Å². The van der Waals surface area contributed by atoms with E-state index in [9.17, 15) is 9.59 Å². The molecule has 0 heterocycles. The van der Waals surface area contributed by atoms with Crippen LogP contribution in [0.4, 0.5) is 0 Å². The molecule has 0 saturated heterocycles. The zero-order valence-electron chi connectivity index (χ0n) is 55.5. The molecule has 0 aliphatic heterocycles. The topological polar surface area (TPSA) is 98.8 Å². The lowest BCUT2D eigenvalue weighted by molar-refractivity contribution is -0.149. The Morgan fingerprint density at radius 2 is 0.831 bits per heavy atom. The van der Waals surface area contributed by atoms with Gasteiger partial charge in [0.15, 0.2) is 0 Å². The minimum Gasteiger partial charge on any atom is -0.502 e. The Bertz CT molecular complexity index is 2240. The summed E-state index contributed by atoms with van der Waals surface area (Å²) >= 11 is 0. The molecular weight excluding hydrogens is 1100 g/mol. The van der Waals surface area contributed by atoms with Gasteiger partial charge in [0.05, 0.1) is 82.6 Å². The highest BCUT2D eigenvalue weighted by Crippen LogP contribution is 2.69. The molecular formula is C80H122O9. The number of hydrogen-bond donors (Lipinski definition) is 0. The van der Waals surface area contributed by atoms with Crippen molar-refractivity contribution in [3.05, 3.63) is 89.7 Å². The van der Waals surface area contributed by atoms with E-state index in [4.69, 9.17) is 33.2 Å². The minimum atomic E-state index is -0.254. The van der Waals surface area contributed by atoms with Crippen LogP contribution in [-0.4, -0.2) is 51.1 Å². The molecule has 0 aromatic rings. The molecule has 19 aliphatic carbocycles. The molecule has 16 unspecified atom stereocenters. The highest BCUT2D eigenvalue weighted by Gasteiger charge is 2.62. The van der Waals surface area contributed by atoms with Gasteiger partial charge in [0, 0.05) is 16.9 Å². The van der Waals surface area contributed by atoms with Crippen LogP contribution in [0.3, 0.4) is 0 Å². The van der Waals surface area contributed by atoms with Crippen LogP contribution in [0.1, 0.15) is 218 Å². The molecule has 16 atom stereocenters. The maximum atomic E-state index is 11.3. The summed E-state index contributed by atoms with van der Waals surface area (Å²) in [6.07, 6.45) is 58.7. The van der Waals surface area contributed by atoms with Gasteiger partial charge in [-0.15, -0.1) is 0 Å². The van der Waals surface area contributed by atoms with Gasteiger partial charge in [0.1, 0.15) is 0 Å². The number of rotatable bonds is 19. The fourth-order valence-electron chi connectivity index (χ4n) is 25.1.